The van der Waals surface area contributed by atoms with Crippen molar-refractivity contribution in [2.24, 2.45) is 0 Å². The molecule has 0 aliphatic carbocycles. The van der Waals surface area contributed by atoms with Gasteiger partial charge in [0.1, 0.15) is 6.07 Å². The predicted molar refractivity (Wildman–Crippen MR) is 80.8 cm³/mol. The van der Waals surface area contributed by atoms with Gasteiger partial charge in [0.15, 0.2) is 0 Å². The largest absolute Gasteiger partial charge is 0.280 e. The minimum Gasteiger partial charge on any atom is -0.280 e. The topological polar surface area (TPSA) is 70.0 Å². The fourth-order valence-corrected chi connectivity index (χ4v) is 2.99. The van der Waals surface area contributed by atoms with Gasteiger partial charge in [-0.05, 0) is 53.2 Å². The quantitative estimate of drug-likeness (QED) is 0.921. The van der Waals surface area contributed by atoms with Crippen LogP contribution in [0.3, 0.4) is 0 Å². The highest BCUT2D eigenvalue weighted by molar-refractivity contribution is 9.10. The summed E-state index contributed by atoms with van der Waals surface area (Å²) < 4.78 is 27.5. The Kier molecular flexibility index (Phi) is 4.12. The lowest BCUT2D eigenvalue weighted by Crippen LogP contribution is -2.13. The van der Waals surface area contributed by atoms with Crippen LogP contribution in [-0.2, 0) is 10.0 Å². The molecule has 1 N–H and O–H groups in total. The van der Waals surface area contributed by atoms with Crippen molar-refractivity contribution < 1.29 is 8.42 Å². The fourth-order valence-electron chi connectivity index (χ4n) is 1.61. The molecule has 0 amide bonds. The van der Waals surface area contributed by atoms with Gasteiger partial charge in [0.05, 0.1) is 16.1 Å². The van der Waals surface area contributed by atoms with E-state index in [-0.39, 0.29) is 4.90 Å². The average Bonchev–Trinajstić information content (AvgIpc) is 2.41. The maximum Gasteiger partial charge on any atom is 0.261 e. The molecule has 0 aromatic heterocycles. The molecule has 0 radical (unpaired) electrons. The number of anilines is 1. The number of aryl methyl sites for hydroxylation is 1. The van der Waals surface area contributed by atoms with Crippen molar-refractivity contribution in [3.8, 4) is 6.07 Å². The third kappa shape index (κ3) is 3.18. The van der Waals surface area contributed by atoms with E-state index >= 15 is 0 Å². The third-order valence-electron chi connectivity index (χ3n) is 2.67. The molecule has 6 heteroatoms. The number of nitriles is 1. The lowest BCUT2D eigenvalue weighted by atomic mass is 10.2. The van der Waals surface area contributed by atoms with Gasteiger partial charge in [-0.25, -0.2) is 8.42 Å². The van der Waals surface area contributed by atoms with E-state index < -0.39 is 10.0 Å². The van der Waals surface area contributed by atoms with Crippen LogP contribution in [-0.4, -0.2) is 8.42 Å². The predicted octanol–water partition coefficient (Wildman–Crippen LogP) is 3.43. The van der Waals surface area contributed by atoms with Crippen LogP contribution in [0.2, 0.25) is 0 Å². The average molecular weight is 351 g/mol. The first-order valence-corrected chi connectivity index (χ1v) is 7.99. The summed E-state index contributed by atoms with van der Waals surface area (Å²) in [7, 11) is -3.64. The number of hydrogen-bond acceptors (Lipinski definition) is 3. The molecule has 0 aliphatic heterocycles. The fraction of sp³-hybridized carbons (Fsp3) is 0.0714. The Labute approximate surface area is 126 Å². The summed E-state index contributed by atoms with van der Waals surface area (Å²) in [5, 5.41) is 8.93. The highest BCUT2D eigenvalue weighted by Crippen LogP contribution is 2.22. The molecule has 0 spiro atoms. The Bertz CT molecular complexity index is 778. The van der Waals surface area contributed by atoms with Crippen molar-refractivity contribution in [2.45, 2.75) is 11.8 Å². The van der Waals surface area contributed by atoms with Crippen molar-refractivity contribution in [3.63, 3.8) is 0 Å². The second-order valence-corrected chi connectivity index (χ2v) is 6.76. The molecule has 0 saturated carbocycles. The summed E-state index contributed by atoms with van der Waals surface area (Å²) >= 11 is 3.22. The Hall–Kier alpha value is -1.84. The molecule has 102 valence electrons. The van der Waals surface area contributed by atoms with Gasteiger partial charge in [-0.3, -0.25) is 4.72 Å². The first-order valence-electron chi connectivity index (χ1n) is 5.71. The summed E-state index contributed by atoms with van der Waals surface area (Å²) in [6, 6.07) is 13.2. The molecule has 0 aliphatic rings. The van der Waals surface area contributed by atoms with Crippen LogP contribution in [0.5, 0.6) is 0 Å². The van der Waals surface area contributed by atoms with Crippen LogP contribution >= 0.6 is 15.9 Å². The molecule has 0 heterocycles. The number of hydrogen-bond donors (Lipinski definition) is 1. The van der Waals surface area contributed by atoms with E-state index in [9.17, 15) is 8.42 Å². The molecule has 0 bridgehead atoms. The summed E-state index contributed by atoms with van der Waals surface area (Å²) in [6.45, 7) is 1.89. The molecule has 2 rings (SSSR count). The smallest absolute Gasteiger partial charge is 0.261 e. The van der Waals surface area contributed by atoms with E-state index in [1.807, 2.05) is 13.0 Å². The van der Waals surface area contributed by atoms with Gasteiger partial charge >= 0.3 is 0 Å². The van der Waals surface area contributed by atoms with Crippen molar-refractivity contribution >= 4 is 31.6 Å². The Balaban J connectivity index is 2.34. The standard InChI is InChI=1S/C14H11BrN2O2S/c1-10-2-5-13(6-3-10)20(18,19)17-12-4-7-14(15)11(8-12)9-16/h2-8,17H,1H3. The first-order chi connectivity index (χ1) is 9.42. The van der Waals surface area contributed by atoms with Crippen LogP contribution in [0.25, 0.3) is 0 Å². The zero-order valence-corrected chi connectivity index (χ0v) is 13.0. The maximum absolute atomic E-state index is 12.2. The van der Waals surface area contributed by atoms with E-state index in [4.69, 9.17) is 5.26 Å². The Morgan fingerprint density at radius 2 is 1.80 bits per heavy atom. The normalized spacial score (nSPS) is 10.8. The first kappa shape index (κ1) is 14.6. The minimum atomic E-state index is -3.64. The van der Waals surface area contributed by atoms with Gasteiger partial charge in [0.2, 0.25) is 0 Å². The van der Waals surface area contributed by atoms with E-state index in [0.29, 0.717) is 15.7 Å². The molecule has 2 aromatic rings. The molecule has 0 atom stereocenters. The minimum absolute atomic E-state index is 0.185. The van der Waals surface area contributed by atoms with E-state index in [1.54, 1.807) is 36.4 Å². The highest BCUT2D eigenvalue weighted by atomic mass is 79.9. The zero-order valence-electron chi connectivity index (χ0n) is 10.6. The molecular weight excluding hydrogens is 340 g/mol. The van der Waals surface area contributed by atoms with Crippen molar-refractivity contribution in [2.75, 3.05) is 4.72 Å². The number of nitrogens with zero attached hydrogens (tertiary/aromatic N) is 1. The summed E-state index contributed by atoms with van der Waals surface area (Å²) in [4.78, 5) is 0.185. The highest BCUT2D eigenvalue weighted by Gasteiger charge is 2.14. The van der Waals surface area contributed by atoms with Crippen LogP contribution < -0.4 is 4.72 Å². The summed E-state index contributed by atoms with van der Waals surface area (Å²) in [5.74, 6) is 0. The van der Waals surface area contributed by atoms with Crippen LogP contribution in [0.15, 0.2) is 51.8 Å². The second-order valence-electron chi connectivity index (χ2n) is 4.22. The van der Waals surface area contributed by atoms with Gasteiger partial charge < -0.3 is 0 Å². The molecule has 2 aromatic carbocycles. The zero-order chi connectivity index (χ0) is 14.8. The Morgan fingerprint density at radius 1 is 1.15 bits per heavy atom. The summed E-state index contributed by atoms with van der Waals surface area (Å²) in [5.41, 5.74) is 1.71. The van der Waals surface area contributed by atoms with Crippen molar-refractivity contribution in [3.05, 3.63) is 58.1 Å². The van der Waals surface area contributed by atoms with E-state index in [2.05, 4.69) is 20.7 Å². The number of sulfonamides is 1. The van der Waals surface area contributed by atoms with Crippen molar-refractivity contribution in [1.29, 1.82) is 5.26 Å². The lowest BCUT2D eigenvalue weighted by molar-refractivity contribution is 0.601. The third-order valence-corrected chi connectivity index (χ3v) is 4.76. The Morgan fingerprint density at radius 3 is 2.40 bits per heavy atom. The number of nitrogens with one attached hydrogen (secondary N) is 1. The lowest BCUT2D eigenvalue weighted by Gasteiger charge is -2.09. The van der Waals surface area contributed by atoms with E-state index in [1.165, 1.54) is 6.07 Å². The van der Waals surface area contributed by atoms with Crippen LogP contribution in [0.4, 0.5) is 5.69 Å². The van der Waals surface area contributed by atoms with E-state index in [0.717, 1.165) is 5.56 Å². The molecular formula is C14H11BrN2O2S. The number of benzene rings is 2. The number of rotatable bonds is 3. The van der Waals surface area contributed by atoms with Gasteiger partial charge in [-0.2, -0.15) is 5.26 Å². The van der Waals surface area contributed by atoms with Gasteiger partial charge in [-0.1, -0.05) is 17.7 Å². The molecule has 0 fully saturated rings. The second kappa shape index (κ2) is 5.65. The maximum atomic E-state index is 12.2. The van der Waals surface area contributed by atoms with Gasteiger partial charge in [-0.15, -0.1) is 0 Å². The van der Waals surface area contributed by atoms with Crippen molar-refractivity contribution in [1.82, 2.24) is 0 Å². The van der Waals surface area contributed by atoms with Crippen LogP contribution in [0.1, 0.15) is 11.1 Å². The van der Waals surface area contributed by atoms with Crippen LogP contribution in [0, 0.1) is 18.3 Å². The molecule has 4 nitrogen and oxygen atoms in total. The SMILES string of the molecule is Cc1ccc(S(=O)(=O)Nc2ccc(Br)c(C#N)c2)cc1. The number of halogens is 1. The monoisotopic (exact) mass is 350 g/mol. The van der Waals surface area contributed by atoms with Gasteiger partial charge in [0.25, 0.3) is 10.0 Å². The van der Waals surface area contributed by atoms with Gasteiger partial charge in [0, 0.05) is 4.47 Å². The summed E-state index contributed by atoms with van der Waals surface area (Å²) in [6.07, 6.45) is 0. The molecule has 0 unspecified atom stereocenters. The molecule has 20 heavy (non-hydrogen) atoms. The molecule has 0 saturated heterocycles.